The summed E-state index contributed by atoms with van der Waals surface area (Å²) in [6.07, 6.45) is 3.18. The zero-order chi connectivity index (χ0) is 16.2. The summed E-state index contributed by atoms with van der Waals surface area (Å²) in [6.45, 7) is 1.44. The highest BCUT2D eigenvalue weighted by Crippen LogP contribution is 2.46. The monoisotopic (exact) mass is 315 g/mol. The summed E-state index contributed by atoms with van der Waals surface area (Å²) in [5.41, 5.74) is 2.13. The summed E-state index contributed by atoms with van der Waals surface area (Å²) in [7, 11) is 4.16. The van der Waals surface area contributed by atoms with Crippen molar-refractivity contribution < 1.29 is 9.63 Å². The van der Waals surface area contributed by atoms with Crippen LogP contribution in [0.5, 0.6) is 0 Å². The summed E-state index contributed by atoms with van der Waals surface area (Å²) in [4.78, 5) is 19.2. The van der Waals surface area contributed by atoms with Crippen molar-refractivity contribution in [3.05, 3.63) is 35.9 Å². The SMILES string of the molecule is CN(C)CC1/C(=N/OC(=O)NCc2ccccc2)C2CCC1C2. The van der Waals surface area contributed by atoms with Crippen molar-refractivity contribution in [3.63, 3.8) is 0 Å². The first-order chi connectivity index (χ1) is 11.1. The number of rotatable bonds is 5. The lowest BCUT2D eigenvalue weighted by Gasteiger charge is -2.25. The lowest BCUT2D eigenvalue weighted by molar-refractivity contribution is 0.148. The van der Waals surface area contributed by atoms with Crippen LogP contribution in [0.1, 0.15) is 24.8 Å². The molecule has 0 radical (unpaired) electrons. The van der Waals surface area contributed by atoms with Gasteiger partial charge in [0.15, 0.2) is 0 Å². The fourth-order valence-corrected chi connectivity index (χ4v) is 3.87. The molecule has 2 saturated carbocycles. The van der Waals surface area contributed by atoms with Gasteiger partial charge in [-0.25, -0.2) is 4.79 Å². The van der Waals surface area contributed by atoms with Crippen LogP contribution in [-0.2, 0) is 11.4 Å². The van der Waals surface area contributed by atoms with E-state index in [4.69, 9.17) is 4.84 Å². The molecule has 2 aliphatic carbocycles. The van der Waals surface area contributed by atoms with Crippen LogP contribution < -0.4 is 5.32 Å². The Morgan fingerprint density at radius 2 is 2.09 bits per heavy atom. The van der Waals surface area contributed by atoms with Crippen molar-refractivity contribution in [1.29, 1.82) is 0 Å². The molecule has 0 heterocycles. The number of hydrogen-bond acceptors (Lipinski definition) is 4. The Morgan fingerprint density at radius 3 is 2.83 bits per heavy atom. The smallest absolute Gasteiger partial charge is 0.316 e. The van der Waals surface area contributed by atoms with Crippen LogP contribution in [-0.4, -0.2) is 37.3 Å². The van der Waals surface area contributed by atoms with Gasteiger partial charge in [-0.2, -0.15) is 0 Å². The first-order valence-corrected chi connectivity index (χ1v) is 8.34. The van der Waals surface area contributed by atoms with Crippen LogP contribution in [0, 0.1) is 17.8 Å². The molecule has 0 spiro atoms. The number of hydrogen-bond donors (Lipinski definition) is 1. The number of nitrogens with one attached hydrogen (secondary N) is 1. The molecule has 1 aromatic carbocycles. The van der Waals surface area contributed by atoms with Gasteiger partial charge >= 0.3 is 6.09 Å². The Morgan fingerprint density at radius 1 is 1.30 bits per heavy atom. The number of carbonyl (C=O) groups excluding carboxylic acids is 1. The van der Waals surface area contributed by atoms with Crippen LogP contribution in [0.4, 0.5) is 4.79 Å². The Labute approximate surface area is 137 Å². The van der Waals surface area contributed by atoms with Gasteiger partial charge in [0, 0.05) is 24.9 Å². The molecule has 2 fully saturated rings. The minimum atomic E-state index is -0.479. The number of oxime groups is 1. The maximum atomic E-state index is 11.9. The van der Waals surface area contributed by atoms with Gasteiger partial charge in [0.1, 0.15) is 0 Å². The maximum Gasteiger partial charge on any atom is 0.433 e. The number of carbonyl (C=O) groups is 1. The lowest BCUT2D eigenvalue weighted by Crippen LogP contribution is -2.33. The minimum Gasteiger partial charge on any atom is -0.316 e. The summed E-state index contributed by atoms with van der Waals surface area (Å²) < 4.78 is 0. The van der Waals surface area contributed by atoms with Gasteiger partial charge in [-0.05, 0) is 44.8 Å². The van der Waals surface area contributed by atoms with E-state index in [1.165, 1.54) is 19.3 Å². The Hall–Kier alpha value is -1.88. The van der Waals surface area contributed by atoms with E-state index in [1.807, 2.05) is 30.3 Å². The molecule has 0 saturated heterocycles. The third-order valence-electron chi connectivity index (χ3n) is 4.92. The zero-order valence-electron chi connectivity index (χ0n) is 13.9. The number of nitrogens with zero attached hydrogens (tertiary/aromatic N) is 2. The second-order valence-corrected chi connectivity index (χ2v) is 6.87. The van der Waals surface area contributed by atoms with Crippen molar-refractivity contribution in [2.45, 2.75) is 25.8 Å². The fraction of sp³-hybridized carbons (Fsp3) is 0.556. The summed E-state index contributed by atoms with van der Waals surface area (Å²) in [6, 6.07) is 9.78. The molecule has 0 aromatic heterocycles. The van der Waals surface area contributed by atoms with Crippen molar-refractivity contribution in [2.24, 2.45) is 22.9 Å². The van der Waals surface area contributed by atoms with E-state index in [0.717, 1.165) is 17.8 Å². The third kappa shape index (κ3) is 3.91. The Bertz CT molecular complexity index is 571. The standard InChI is InChI=1S/C18H25N3O2/c1-21(2)12-16-14-8-9-15(10-14)17(16)20-23-18(22)19-11-13-6-4-3-5-7-13/h3-7,14-16H,8-12H2,1-2H3,(H,19,22)/b20-17+. The van der Waals surface area contributed by atoms with E-state index in [1.54, 1.807) is 0 Å². The molecule has 1 N–H and O–H groups in total. The van der Waals surface area contributed by atoms with E-state index < -0.39 is 6.09 Å². The highest BCUT2D eigenvalue weighted by molar-refractivity contribution is 5.92. The summed E-state index contributed by atoms with van der Waals surface area (Å²) >= 11 is 0. The Balaban J connectivity index is 1.54. The summed E-state index contributed by atoms with van der Waals surface area (Å²) in [5, 5.41) is 6.97. The van der Waals surface area contributed by atoms with Gasteiger partial charge in [0.2, 0.25) is 0 Å². The molecule has 3 rings (SSSR count). The van der Waals surface area contributed by atoms with E-state index in [9.17, 15) is 4.79 Å². The van der Waals surface area contributed by atoms with Crippen molar-refractivity contribution in [3.8, 4) is 0 Å². The second-order valence-electron chi connectivity index (χ2n) is 6.87. The van der Waals surface area contributed by atoms with Crippen LogP contribution in [0.3, 0.4) is 0 Å². The fourth-order valence-electron chi connectivity index (χ4n) is 3.87. The van der Waals surface area contributed by atoms with E-state index in [0.29, 0.717) is 24.3 Å². The van der Waals surface area contributed by atoms with Crippen LogP contribution in [0.25, 0.3) is 0 Å². The average molecular weight is 315 g/mol. The van der Waals surface area contributed by atoms with E-state index >= 15 is 0 Å². The lowest BCUT2D eigenvalue weighted by atomic mass is 9.87. The van der Waals surface area contributed by atoms with Crippen LogP contribution in [0.15, 0.2) is 35.5 Å². The molecule has 5 nitrogen and oxygen atoms in total. The predicted molar refractivity (Wildman–Crippen MR) is 90.1 cm³/mol. The zero-order valence-corrected chi connectivity index (χ0v) is 13.9. The highest BCUT2D eigenvalue weighted by atomic mass is 16.7. The highest BCUT2D eigenvalue weighted by Gasteiger charge is 2.45. The first-order valence-electron chi connectivity index (χ1n) is 8.34. The van der Waals surface area contributed by atoms with Gasteiger partial charge in [-0.3, -0.25) is 4.84 Å². The molecule has 2 aliphatic rings. The van der Waals surface area contributed by atoms with Crippen molar-refractivity contribution in [2.75, 3.05) is 20.6 Å². The van der Waals surface area contributed by atoms with Gasteiger partial charge in [-0.15, -0.1) is 0 Å². The van der Waals surface area contributed by atoms with Crippen molar-refractivity contribution >= 4 is 11.8 Å². The number of amides is 1. The molecular weight excluding hydrogens is 290 g/mol. The van der Waals surface area contributed by atoms with Gasteiger partial charge in [0.05, 0.1) is 5.71 Å². The first kappa shape index (κ1) is 16.0. The van der Waals surface area contributed by atoms with Gasteiger partial charge < -0.3 is 10.2 Å². The number of fused-ring (bicyclic) bond motifs is 2. The molecule has 5 heteroatoms. The van der Waals surface area contributed by atoms with Gasteiger partial charge in [-0.1, -0.05) is 35.5 Å². The molecule has 3 atom stereocenters. The topological polar surface area (TPSA) is 53.9 Å². The largest absolute Gasteiger partial charge is 0.433 e. The average Bonchev–Trinajstić information content (AvgIpc) is 3.13. The molecule has 1 aromatic rings. The van der Waals surface area contributed by atoms with E-state index in [2.05, 4.69) is 29.5 Å². The van der Waals surface area contributed by atoms with Crippen molar-refractivity contribution in [1.82, 2.24) is 10.2 Å². The minimum absolute atomic E-state index is 0.436. The second kappa shape index (κ2) is 7.13. The van der Waals surface area contributed by atoms with Gasteiger partial charge in [0.25, 0.3) is 0 Å². The van der Waals surface area contributed by atoms with Crippen LogP contribution in [0.2, 0.25) is 0 Å². The molecule has 0 aliphatic heterocycles. The predicted octanol–water partition coefficient (Wildman–Crippen LogP) is 2.88. The molecule has 3 unspecified atom stereocenters. The van der Waals surface area contributed by atoms with E-state index in [-0.39, 0.29) is 0 Å². The van der Waals surface area contributed by atoms with Crippen LogP contribution >= 0.6 is 0 Å². The third-order valence-corrected chi connectivity index (χ3v) is 4.92. The maximum absolute atomic E-state index is 11.9. The normalized spacial score (nSPS) is 27.6. The Kier molecular flexibility index (Phi) is 4.96. The molecule has 23 heavy (non-hydrogen) atoms. The molecule has 124 valence electrons. The quantitative estimate of drug-likeness (QED) is 0.671. The summed E-state index contributed by atoms with van der Waals surface area (Å²) in [5.74, 6) is 1.65. The molecule has 1 amide bonds. The molecule has 2 bridgehead atoms. The number of benzene rings is 1. The molecular formula is C18H25N3O2.